The molecule has 1 heterocycles. The lowest BCUT2D eigenvalue weighted by Gasteiger charge is -2.08. The van der Waals surface area contributed by atoms with Crippen molar-refractivity contribution in [1.29, 1.82) is 0 Å². The number of hydrogen-bond donors (Lipinski definition) is 2. The number of nitrogens with zero attached hydrogens (tertiary/aromatic N) is 2. The molecule has 4 heteroatoms. The maximum atomic E-state index is 9.43. The summed E-state index contributed by atoms with van der Waals surface area (Å²) in [6.07, 6.45) is 3.17. The average Bonchev–Trinajstić information content (AvgIpc) is 2.43. The van der Waals surface area contributed by atoms with Crippen LogP contribution < -0.4 is 5.32 Å². The second-order valence-electron chi connectivity index (χ2n) is 4.38. The Morgan fingerprint density at radius 1 is 1.28 bits per heavy atom. The van der Waals surface area contributed by atoms with E-state index in [1.807, 2.05) is 31.2 Å². The lowest BCUT2D eigenvalue weighted by Crippen LogP contribution is -2.20. The van der Waals surface area contributed by atoms with Crippen LogP contribution in [-0.4, -0.2) is 27.7 Å². The van der Waals surface area contributed by atoms with Gasteiger partial charge >= 0.3 is 0 Å². The summed E-state index contributed by atoms with van der Waals surface area (Å²) in [6.45, 7) is 3.47. The molecule has 1 unspecified atom stereocenters. The van der Waals surface area contributed by atoms with Crippen LogP contribution in [0.4, 0.5) is 0 Å². The van der Waals surface area contributed by atoms with Crippen LogP contribution in [-0.2, 0) is 6.54 Å². The molecule has 0 saturated heterocycles. The molecule has 0 saturated carbocycles. The van der Waals surface area contributed by atoms with Crippen LogP contribution in [0.1, 0.15) is 25.5 Å². The fraction of sp³-hybridized carbons (Fsp3) is 0.429. The molecule has 0 spiro atoms. The van der Waals surface area contributed by atoms with Crippen molar-refractivity contribution in [2.45, 2.75) is 32.4 Å². The van der Waals surface area contributed by atoms with Gasteiger partial charge in [0.15, 0.2) is 0 Å². The average molecular weight is 245 g/mol. The second-order valence-corrected chi connectivity index (χ2v) is 4.38. The van der Waals surface area contributed by atoms with Gasteiger partial charge in [-0.3, -0.25) is 4.98 Å². The third-order valence-electron chi connectivity index (χ3n) is 2.93. The molecule has 0 radical (unpaired) electrons. The standard InChI is InChI=1S/C14H19N3O/c1-2-12(18)7-8-15-9-11-10-16-13-5-3-4-6-14(13)17-11/h3-6,10,12,15,18H,2,7-9H2,1H3. The van der Waals surface area contributed by atoms with Crippen molar-refractivity contribution in [3.8, 4) is 0 Å². The number of aromatic nitrogens is 2. The zero-order valence-electron chi connectivity index (χ0n) is 10.6. The van der Waals surface area contributed by atoms with Gasteiger partial charge in [0.05, 0.1) is 29.0 Å². The summed E-state index contributed by atoms with van der Waals surface area (Å²) < 4.78 is 0. The predicted molar refractivity (Wildman–Crippen MR) is 72.2 cm³/mol. The van der Waals surface area contributed by atoms with Crippen LogP contribution in [0, 0.1) is 0 Å². The largest absolute Gasteiger partial charge is 0.393 e. The summed E-state index contributed by atoms with van der Waals surface area (Å²) in [5.74, 6) is 0. The first kappa shape index (κ1) is 12.9. The third kappa shape index (κ3) is 3.48. The van der Waals surface area contributed by atoms with E-state index in [2.05, 4.69) is 15.3 Å². The van der Waals surface area contributed by atoms with E-state index in [0.29, 0.717) is 6.54 Å². The Labute approximate surface area is 107 Å². The SMILES string of the molecule is CCC(O)CCNCc1cnc2ccccc2n1. The molecule has 96 valence electrons. The van der Waals surface area contributed by atoms with Gasteiger partial charge in [0.1, 0.15) is 0 Å². The van der Waals surface area contributed by atoms with Crippen molar-refractivity contribution in [3.05, 3.63) is 36.2 Å². The maximum absolute atomic E-state index is 9.43. The van der Waals surface area contributed by atoms with Crippen LogP contribution in [0.15, 0.2) is 30.5 Å². The van der Waals surface area contributed by atoms with Crippen molar-refractivity contribution in [3.63, 3.8) is 0 Å². The molecule has 1 aromatic heterocycles. The topological polar surface area (TPSA) is 58.0 Å². The molecular formula is C14H19N3O. The first-order valence-electron chi connectivity index (χ1n) is 6.39. The van der Waals surface area contributed by atoms with Crippen molar-refractivity contribution >= 4 is 11.0 Å². The highest BCUT2D eigenvalue weighted by Crippen LogP contribution is 2.08. The Bertz CT molecular complexity index is 501. The number of fused-ring (bicyclic) bond motifs is 1. The minimum atomic E-state index is -0.208. The van der Waals surface area contributed by atoms with Crippen LogP contribution in [0.3, 0.4) is 0 Å². The highest BCUT2D eigenvalue weighted by atomic mass is 16.3. The molecule has 0 fully saturated rings. The minimum absolute atomic E-state index is 0.208. The smallest absolute Gasteiger partial charge is 0.0890 e. The van der Waals surface area contributed by atoms with Gasteiger partial charge in [-0.2, -0.15) is 0 Å². The monoisotopic (exact) mass is 245 g/mol. The maximum Gasteiger partial charge on any atom is 0.0890 e. The Morgan fingerprint density at radius 3 is 2.83 bits per heavy atom. The number of benzene rings is 1. The summed E-state index contributed by atoms with van der Waals surface area (Å²) in [4.78, 5) is 8.88. The van der Waals surface area contributed by atoms with Gasteiger partial charge in [0, 0.05) is 6.54 Å². The van der Waals surface area contributed by atoms with Crippen LogP contribution in [0.25, 0.3) is 11.0 Å². The van der Waals surface area contributed by atoms with Crippen molar-refractivity contribution in [1.82, 2.24) is 15.3 Å². The zero-order chi connectivity index (χ0) is 12.8. The van der Waals surface area contributed by atoms with E-state index in [0.717, 1.165) is 36.1 Å². The van der Waals surface area contributed by atoms with Crippen LogP contribution in [0.2, 0.25) is 0 Å². The van der Waals surface area contributed by atoms with Gasteiger partial charge in [-0.15, -0.1) is 0 Å². The molecule has 1 atom stereocenters. The van der Waals surface area contributed by atoms with Gasteiger partial charge in [-0.25, -0.2) is 4.98 Å². The fourth-order valence-electron chi connectivity index (χ4n) is 1.77. The predicted octanol–water partition coefficient (Wildman–Crippen LogP) is 1.88. The molecule has 4 nitrogen and oxygen atoms in total. The molecule has 2 N–H and O–H groups in total. The number of aliphatic hydroxyl groups excluding tert-OH is 1. The second kappa shape index (κ2) is 6.42. The highest BCUT2D eigenvalue weighted by Gasteiger charge is 2.01. The molecular weight excluding hydrogens is 226 g/mol. The molecule has 1 aromatic carbocycles. The van der Waals surface area contributed by atoms with Crippen LogP contribution in [0.5, 0.6) is 0 Å². The zero-order valence-corrected chi connectivity index (χ0v) is 10.6. The summed E-state index contributed by atoms with van der Waals surface area (Å²) >= 11 is 0. The van der Waals surface area contributed by atoms with Gasteiger partial charge in [-0.1, -0.05) is 19.1 Å². The number of aliphatic hydroxyl groups is 1. The Hall–Kier alpha value is -1.52. The molecule has 18 heavy (non-hydrogen) atoms. The first-order chi connectivity index (χ1) is 8.79. The quantitative estimate of drug-likeness (QED) is 0.763. The molecule has 0 bridgehead atoms. The molecule has 0 aliphatic rings. The molecule has 2 aromatic rings. The summed E-state index contributed by atoms with van der Waals surface area (Å²) in [5.41, 5.74) is 2.77. The van der Waals surface area contributed by atoms with Gasteiger partial charge in [0.25, 0.3) is 0 Å². The normalized spacial score (nSPS) is 12.8. The number of rotatable bonds is 6. The fourth-order valence-corrected chi connectivity index (χ4v) is 1.77. The van der Waals surface area contributed by atoms with E-state index in [-0.39, 0.29) is 6.10 Å². The van der Waals surface area contributed by atoms with Crippen molar-refractivity contribution in [2.24, 2.45) is 0 Å². The van der Waals surface area contributed by atoms with Crippen LogP contribution >= 0.6 is 0 Å². The Morgan fingerprint density at radius 2 is 2.06 bits per heavy atom. The summed E-state index contributed by atoms with van der Waals surface area (Å²) in [6, 6.07) is 7.84. The van der Waals surface area contributed by atoms with Gasteiger partial charge in [-0.05, 0) is 31.5 Å². The van der Waals surface area contributed by atoms with Crippen molar-refractivity contribution in [2.75, 3.05) is 6.54 Å². The summed E-state index contributed by atoms with van der Waals surface area (Å²) in [5, 5.41) is 12.7. The molecule has 0 aliphatic carbocycles. The van der Waals surface area contributed by atoms with Gasteiger partial charge < -0.3 is 10.4 Å². The minimum Gasteiger partial charge on any atom is -0.393 e. The lowest BCUT2D eigenvalue weighted by atomic mass is 10.2. The van der Waals surface area contributed by atoms with Gasteiger partial charge in [0.2, 0.25) is 0 Å². The van der Waals surface area contributed by atoms with E-state index in [1.165, 1.54) is 0 Å². The number of hydrogen-bond acceptors (Lipinski definition) is 4. The van der Waals surface area contributed by atoms with Crippen molar-refractivity contribution < 1.29 is 5.11 Å². The number of nitrogens with one attached hydrogen (secondary N) is 1. The highest BCUT2D eigenvalue weighted by molar-refractivity contribution is 5.73. The molecule has 0 aliphatic heterocycles. The summed E-state index contributed by atoms with van der Waals surface area (Å²) in [7, 11) is 0. The lowest BCUT2D eigenvalue weighted by molar-refractivity contribution is 0.159. The molecule has 2 rings (SSSR count). The van der Waals surface area contributed by atoms with E-state index in [4.69, 9.17) is 0 Å². The van der Waals surface area contributed by atoms with E-state index in [9.17, 15) is 5.11 Å². The number of para-hydroxylation sites is 2. The van der Waals surface area contributed by atoms with E-state index in [1.54, 1.807) is 6.20 Å². The first-order valence-corrected chi connectivity index (χ1v) is 6.39. The molecule has 0 amide bonds. The third-order valence-corrected chi connectivity index (χ3v) is 2.93. The Kier molecular flexibility index (Phi) is 4.61. The van der Waals surface area contributed by atoms with E-state index < -0.39 is 0 Å². The Balaban J connectivity index is 1.88. The van der Waals surface area contributed by atoms with E-state index >= 15 is 0 Å².